The Bertz CT molecular complexity index is 1160. The third-order valence-electron chi connectivity index (χ3n) is 4.18. The molecule has 28 heavy (non-hydrogen) atoms. The Hall–Kier alpha value is -3.69. The number of benzene rings is 1. The highest BCUT2D eigenvalue weighted by Crippen LogP contribution is 2.31. The molecule has 0 aliphatic rings. The summed E-state index contributed by atoms with van der Waals surface area (Å²) in [6.45, 7) is 0. The number of anilines is 1. The van der Waals surface area contributed by atoms with Crippen LogP contribution in [-0.4, -0.2) is 30.9 Å². The van der Waals surface area contributed by atoms with Crippen LogP contribution in [0.15, 0.2) is 48.8 Å². The number of hydrogen-bond acceptors (Lipinski definition) is 4. The van der Waals surface area contributed by atoms with Gasteiger partial charge in [-0.2, -0.15) is 23.4 Å². The first-order chi connectivity index (χ1) is 13.3. The van der Waals surface area contributed by atoms with Crippen molar-refractivity contribution in [2.45, 2.75) is 6.18 Å². The molecule has 0 aliphatic heterocycles. The van der Waals surface area contributed by atoms with Crippen molar-refractivity contribution < 1.29 is 18.0 Å². The molecular formula is C18H13F3N6O. The second-order valence-corrected chi connectivity index (χ2v) is 6.06. The Kier molecular flexibility index (Phi) is 4.10. The number of H-pyrrole nitrogens is 1. The minimum atomic E-state index is -4.57. The molecule has 0 unspecified atom stereocenters. The summed E-state index contributed by atoms with van der Waals surface area (Å²) in [5.41, 5.74) is 1.40. The lowest BCUT2D eigenvalue weighted by molar-refractivity contribution is -0.143. The van der Waals surface area contributed by atoms with Crippen molar-refractivity contribution >= 4 is 22.6 Å². The lowest BCUT2D eigenvalue weighted by Gasteiger charge is -2.04. The number of rotatable bonds is 3. The van der Waals surface area contributed by atoms with Crippen LogP contribution in [0.2, 0.25) is 0 Å². The van der Waals surface area contributed by atoms with Gasteiger partial charge in [0.2, 0.25) is 0 Å². The van der Waals surface area contributed by atoms with Gasteiger partial charge in [0.1, 0.15) is 5.69 Å². The molecule has 1 aromatic carbocycles. The number of amides is 1. The SMILES string of the molecule is Cn1nc(NC(=O)c2n[nH]c3ccc(-c4cccnc4)cc23)cc1C(F)(F)F. The quantitative estimate of drug-likeness (QED) is 0.563. The molecule has 0 saturated carbocycles. The average molecular weight is 386 g/mol. The van der Waals surface area contributed by atoms with Gasteiger partial charge >= 0.3 is 6.18 Å². The minimum Gasteiger partial charge on any atom is -0.304 e. The summed E-state index contributed by atoms with van der Waals surface area (Å²) >= 11 is 0. The van der Waals surface area contributed by atoms with E-state index in [0.717, 1.165) is 24.2 Å². The Morgan fingerprint density at radius 3 is 2.68 bits per heavy atom. The van der Waals surface area contributed by atoms with E-state index in [4.69, 9.17) is 0 Å². The first kappa shape index (κ1) is 17.7. The number of halogens is 3. The predicted molar refractivity (Wildman–Crippen MR) is 95.5 cm³/mol. The molecule has 142 valence electrons. The van der Waals surface area contributed by atoms with Crippen molar-refractivity contribution in [1.82, 2.24) is 25.0 Å². The number of aryl methyl sites for hydroxylation is 1. The number of pyridine rings is 1. The van der Waals surface area contributed by atoms with Crippen molar-refractivity contribution in [3.05, 3.63) is 60.2 Å². The summed E-state index contributed by atoms with van der Waals surface area (Å²) < 4.78 is 39.3. The molecule has 4 rings (SSSR count). The Morgan fingerprint density at radius 2 is 2.00 bits per heavy atom. The number of hydrogen-bond donors (Lipinski definition) is 2. The smallest absolute Gasteiger partial charge is 0.304 e. The summed E-state index contributed by atoms with van der Waals surface area (Å²) in [6.07, 6.45) is -1.23. The van der Waals surface area contributed by atoms with Crippen molar-refractivity contribution in [2.75, 3.05) is 5.32 Å². The molecule has 10 heteroatoms. The number of nitrogens with one attached hydrogen (secondary N) is 2. The molecule has 0 saturated heterocycles. The van der Waals surface area contributed by atoms with E-state index in [1.54, 1.807) is 30.6 Å². The maximum Gasteiger partial charge on any atom is 0.433 e. The number of fused-ring (bicyclic) bond motifs is 1. The van der Waals surface area contributed by atoms with E-state index in [1.165, 1.54) is 0 Å². The Balaban J connectivity index is 1.66. The molecule has 0 aliphatic carbocycles. The van der Waals surface area contributed by atoms with Gasteiger partial charge in [-0.3, -0.25) is 19.6 Å². The van der Waals surface area contributed by atoms with E-state index in [9.17, 15) is 18.0 Å². The molecule has 0 radical (unpaired) electrons. The van der Waals surface area contributed by atoms with E-state index < -0.39 is 17.8 Å². The standard InChI is InChI=1S/C18H13F3N6O/c1-27-14(18(19,20)21)8-15(26-27)23-17(28)16-12-7-10(4-5-13(12)24-25-16)11-3-2-6-22-9-11/h2-9H,1H3,(H,24,25)(H,23,26,28). The van der Waals surface area contributed by atoms with Crippen LogP contribution in [-0.2, 0) is 13.2 Å². The van der Waals surface area contributed by atoms with Gasteiger partial charge in [0.05, 0.1) is 5.52 Å². The molecule has 3 heterocycles. The van der Waals surface area contributed by atoms with Crippen LogP contribution in [0.5, 0.6) is 0 Å². The fourth-order valence-electron chi connectivity index (χ4n) is 2.87. The van der Waals surface area contributed by atoms with Crippen molar-refractivity contribution in [3.8, 4) is 11.1 Å². The van der Waals surface area contributed by atoms with Gasteiger partial charge < -0.3 is 5.32 Å². The van der Waals surface area contributed by atoms with Gasteiger partial charge in [0, 0.05) is 36.5 Å². The molecule has 0 spiro atoms. The molecular weight excluding hydrogens is 373 g/mol. The third-order valence-corrected chi connectivity index (χ3v) is 4.18. The minimum absolute atomic E-state index is 0.0555. The van der Waals surface area contributed by atoms with E-state index in [2.05, 4.69) is 25.6 Å². The van der Waals surface area contributed by atoms with Gasteiger partial charge in [-0.05, 0) is 23.8 Å². The summed E-state index contributed by atoms with van der Waals surface area (Å²) in [6, 6.07) is 9.83. The molecule has 1 amide bonds. The zero-order valence-electron chi connectivity index (χ0n) is 14.4. The second-order valence-electron chi connectivity index (χ2n) is 6.06. The number of aromatic nitrogens is 5. The van der Waals surface area contributed by atoms with Gasteiger partial charge in [-0.15, -0.1) is 0 Å². The van der Waals surface area contributed by atoms with Crippen molar-refractivity contribution in [1.29, 1.82) is 0 Å². The van der Waals surface area contributed by atoms with E-state index in [0.29, 0.717) is 15.6 Å². The lowest BCUT2D eigenvalue weighted by atomic mass is 10.0. The Labute approximate surface area is 156 Å². The molecule has 3 aromatic heterocycles. The normalized spacial score (nSPS) is 11.7. The number of carbonyl (C=O) groups excluding carboxylic acids is 1. The van der Waals surface area contributed by atoms with Gasteiger partial charge in [0.15, 0.2) is 11.5 Å². The summed E-state index contributed by atoms with van der Waals surface area (Å²) in [5.74, 6) is -0.874. The fourth-order valence-corrected chi connectivity index (χ4v) is 2.87. The molecule has 4 aromatic rings. The third kappa shape index (κ3) is 3.20. The number of nitrogens with zero attached hydrogens (tertiary/aromatic N) is 4. The van der Waals surface area contributed by atoms with Crippen molar-refractivity contribution in [3.63, 3.8) is 0 Å². The monoisotopic (exact) mass is 386 g/mol. The first-order valence-electron chi connectivity index (χ1n) is 8.14. The van der Waals surface area contributed by atoms with Crippen LogP contribution in [0.1, 0.15) is 16.2 Å². The van der Waals surface area contributed by atoms with Crippen LogP contribution in [0.25, 0.3) is 22.0 Å². The molecule has 2 N–H and O–H groups in total. The summed E-state index contributed by atoms with van der Waals surface area (Å²) in [4.78, 5) is 16.6. The molecule has 0 bridgehead atoms. The van der Waals surface area contributed by atoms with E-state index >= 15 is 0 Å². The van der Waals surface area contributed by atoms with Crippen LogP contribution >= 0.6 is 0 Å². The summed E-state index contributed by atoms with van der Waals surface area (Å²) in [5, 5.41) is 13.3. The second kappa shape index (κ2) is 6.48. The zero-order valence-corrected chi connectivity index (χ0v) is 14.4. The number of alkyl halides is 3. The fraction of sp³-hybridized carbons (Fsp3) is 0.111. The van der Waals surface area contributed by atoms with Crippen LogP contribution < -0.4 is 5.32 Å². The van der Waals surface area contributed by atoms with Crippen LogP contribution in [0, 0.1) is 0 Å². The molecule has 0 atom stereocenters. The van der Waals surface area contributed by atoms with E-state index in [-0.39, 0.29) is 11.5 Å². The average Bonchev–Trinajstić information content (AvgIpc) is 3.25. The predicted octanol–water partition coefficient (Wildman–Crippen LogP) is 3.63. The Morgan fingerprint density at radius 1 is 1.18 bits per heavy atom. The first-order valence-corrected chi connectivity index (χ1v) is 8.14. The highest BCUT2D eigenvalue weighted by atomic mass is 19.4. The van der Waals surface area contributed by atoms with Crippen LogP contribution in [0.4, 0.5) is 19.0 Å². The maximum absolute atomic E-state index is 12.9. The highest BCUT2D eigenvalue weighted by molar-refractivity contribution is 6.11. The van der Waals surface area contributed by atoms with Crippen LogP contribution in [0.3, 0.4) is 0 Å². The molecule has 0 fully saturated rings. The van der Waals surface area contributed by atoms with Crippen molar-refractivity contribution in [2.24, 2.45) is 7.05 Å². The number of carbonyl (C=O) groups is 1. The van der Waals surface area contributed by atoms with Gasteiger partial charge in [-0.25, -0.2) is 0 Å². The van der Waals surface area contributed by atoms with E-state index in [1.807, 2.05) is 12.1 Å². The van der Waals surface area contributed by atoms with Gasteiger partial charge in [-0.1, -0.05) is 12.1 Å². The van der Waals surface area contributed by atoms with Gasteiger partial charge in [0.25, 0.3) is 5.91 Å². The number of aromatic amines is 1. The largest absolute Gasteiger partial charge is 0.433 e. The maximum atomic E-state index is 12.9. The zero-order chi connectivity index (χ0) is 19.9. The summed E-state index contributed by atoms with van der Waals surface area (Å²) in [7, 11) is 1.16. The highest BCUT2D eigenvalue weighted by Gasteiger charge is 2.35. The topological polar surface area (TPSA) is 88.5 Å². The molecule has 7 nitrogen and oxygen atoms in total. The lowest BCUT2D eigenvalue weighted by Crippen LogP contribution is -2.13.